The quantitative estimate of drug-likeness (QED) is 0.878. The topological polar surface area (TPSA) is 41.1 Å². The van der Waals surface area contributed by atoms with Crippen LogP contribution < -0.4 is 10.2 Å². The van der Waals surface area contributed by atoms with Crippen molar-refractivity contribution in [1.29, 1.82) is 0 Å². The van der Waals surface area contributed by atoms with Crippen LogP contribution in [-0.2, 0) is 6.18 Å². The Balaban J connectivity index is 1.74. The first-order valence-electron chi connectivity index (χ1n) is 7.07. The van der Waals surface area contributed by atoms with E-state index < -0.39 is 11.9 Å². The number of hydrogen-bond acceptors (Lipinski definition) is 4. The monoisotopic (exact) mass is 306 g/mol. The fourth-order valence-corrected chi connectivity index (χ4v) is 3.01. The molecule has 1 fully saturated rings. The first-order valence-corrected chi connectivity index (χ1v) is 7.07. The lowest BCUT2D eigenvalue weighted by Gasteiger charge is -2.28. The summed E-state index contributed by atoms with van der Waals surface area (Å²) in [5.41, 5.74) is 1.05. The van der Waals surface area contributed by atoms with Gasteiger partial charge in [-0.2, -0.15) is 13.2 Å². The minimum atomic E-state index is -4.45. The number of nitrogens with one attached hydrogen (secondary N) is 1. The average Bonchev–Trinajstić information content (AvgIpc) is 2.88. The van der Waals surface area contributed by atoms with Gasteiger partial charge in [-0.05, 0) is 30.7 Å². The van der Waals surface area contributed by atoms with Crippen LogP contribution in [0.5, 0.6) is 0 Å². The van der Waals surface area contributed by atoms with Crippen molar-refractivity contribution >= 4 is 11.5 Å². The smallest absolute Gasteiger partial charge is 0.366 e. The number of nitrogens with zero attached hydrogens (tertiary/aromatic N) is 3. The molecular weight excluding hydrogens is 293 g/mol. The molecule has 1 atom stereocenters. The average molecular weight is 306 g/mol. The van der Waals surface area contributed by atoms with Crippen LogP contribution in [0.2, 0.25) is 0 Å². The Morgan fingerprint density at radius 3 is 2.91 bits per heavy atom. The van der Waals surface area contributed by atoms with E-state index in [-0.39, 0.29) is 0 Å². The Kier molecular flexibility index (Phi) is 2.79. The van der Waals surface area contributed by atoms with Gasteiger partial charge < -0.3 is 10.2 Å². The Morgan fingerprint density at radius 2 is 2.09 bits per heavy atom. The van der Waals surface area contributed by atoms with Gasteiger partial charge in [0.1, 0.15) is 5.69 Å². The number of aromatic nitrogens is 2. The van der Waals surface area contributed by atoms with Crippen LogP contribution in [0.15, 0.2) is 30.5 Å². The summed E-state index contributed by atoms with van der Waals surface area (Å²) in [5, 5.41) is 3.35. The van der Waals surface area contributed by atoms with Crippen molar-refractivity contribution in [3.8, 4) is 11.3 Å². The van der Waals surface area contributed by atoms with E-state index in [1.807, 2.05) is 6.07 Å². The molecular formula is C15H13F3N4. The summed E-state index contributed by atoms with van der Waals surface area (Å²) >= 11 is 0. The van der Waals surface area contributed by atoms with Crippen molar-refractivity contribution in [3.05, 3.63) is 36.2 Å². The molecule has 0 amide bonds. The molecule has 0 spiro atoms. The van der Waals surface area contributed by atoms with Crippen molar-refractivity contribution in [3.63, 3.8) is 0 Å². The maximum absolute atomic E-state index is 12.8. The molecule has 0 saturated carbocycles. The number of anilines is 2. The maximum atomic E-state index is 12.8. The summed E-state index contributed by atoms with van der Waals surface area (Å²) < 4.78 is 38.3. The molecule has 7 heteroatoms. The molecule has 114 valence electrons. The van der Waals surface area contributed by atoms with E-state index in [9.17, 15) is 13.2 Å². The summed E-state index contributed by atoms with van der Waals surface area (Å²) in [5.74, 6) is 0.747. The van der Waals surface area contributed by atoms with E-state index in [1.165, 1.54) is 6.20 Å². The van der Waals surface area contributed by atoms with E-state index in [4.69, 9.17) is 0 Å². The summed E-state index contributed by atoms with van der Waals surface area (Å²) in [6.07, 6.45) is -2.23. The zero-order valence-electron chi connectivity index (χ0n) is 11.6. The van der Waals surface area contributed by atoms with E-state index in [2.05, 4.69) is 20.2 Å². The fraction of sp³-hybridized carbons (Fsp3) is 0.333. The molecule has 22 heavy (non-hydrogen) atoms. The van der Waals surface area contributed by atoms with E-state index in [1.54, 1.807) is 12.1 Å². The van der Waals surface area contributed by atoms with Crippen molar-refractivity contribution in [2.75, 3.05) is 23.3 Å². The predicted octanol–water partition coefficient (Wildman–Crippen LogP) is 3.17. The van der Waals surface area contributed by atoms with Crippen LogP contribution in [0, 0.1) is 0 Å². The molecule has 4 rings (SSSR count). The highest BCUT2D eigenvalue weighted by Crippen LogP contribution is 2.36. The third kappa shape index (κ3) is 2.17. The number of fused-ring (bicyclic) bond motifs is 4. The van der Waals surface area contributed by atoms with Gasteiger partial charge in [0.05, 0.1) is 11.4 Å². The first-order chi connectivity index (χ1) is 10.5. The Hall–Kier alpha value is -2.31. The fourth-order valence-electron chi connectivity index (χ4n) is 3.01. The van der Waals surface area contributed by atoms with Gasteiger partial charge in [-0.3, -0.25) is 4.98 Å². The molecule has 2 aliphatic rings. The molecule has 0 unspecified atom stereocenters. The van der Waals surface area contributed by atoms with E-state index in [0.717, 1.165) is 37.1 Å². The van der Waals surface area contributed by atoms with Crippen LogP contribution in [0.25, 0.3) is 11.3 Å². The number of pyridine rings is 2. The summed E-state index contributed by atoms with van der Waals surface area (Å²) in [4.78, 5) is 10.1. The second-order valence-corrected chi connectivity index (χ2v) is 5.57. The van der Waals surface area contributed by atoms with Crippen LogP contribution in [0.4, 0.5) is 24.7 Å². The van der Waals surface area contributed by atoms with Crippen LogP contribution in [0.3, 0.4) is 0 Å². The zero-order valence-corrected chi connectivity index (χ0v) is 11.6. The molecule has 2 aromatic rings. The number of hydrogen-bond donors (Lipinski definition) is 1. The first kappa shape index (κ1) is 13.4. The molecule has 1 N–H and O–H groups in total. The molecule has 1 saturated heterocycles. The lowest BCUT2D eigenvalue weighted by molar-refractivity contribution is -0.141. The van der Waals surface area contributed by atoms with Crippen molar-refractivity contribution in [2.45, 2.75) is 18.6 Å². The minimum absolute atomic E-state index is 0.374. The van der Waals surface area contributed by atoms with Gasteiger partial charge in [0.2, 0.25) is 0 Å². The number of halogens is 3. The van der Waals surface area contributed by atoms with Gasteiger partial charge in [-0.15, -0.1) is 0 Å². The Morgan fingerprint density at radius 1 is 1.23 bits per heavy atom. The summed E-state index contributed by atoms with van der Waals surface area (Å²) in [6, 6.07) is 6.63. The standard InChI is InChI=1S/C15H13F3N4/c16-15(17,18)13-7-9(3-5-19-13)11-1-2-12-14(21-11)20-10-4-6-22(12)8-10/h1-3,5,7,10H,4,6,8H2,(H,20,21)/t10-/m0/s1. The minimum Gasteiger partial charge on any atom is -0.366 e. The SMILES string of the molecule is FC(F)(F)c1cc(-c2ccc3c(n2)N[C@H]2CCN3C2)ccn1. The Bertz CT molecular complexity index is 729. The second kappa shape index (κ2) is 4.59. The predicted molar refractivity (Wildman–Crippen MR) is 76.7 cm³/mol. The van der Waals surface area contributed by atoms with Crippen LogP contribution in [-0.4, -0.2) is 29.1 Å². The second-order valence-electron chi connectivity index (χ2n) is 5.57. The number of rotatable bonds is 1. The van der Waals surface area contributed by atoms with E-state index in [0.29, 0.717) is 17.3 Å². The maximum Gasteiger partial charge on any atom is 0.433 e. The molecule has 2 aliphatic heterocycles. The third-order valence-corrected chi connectivity index (χ3v) is 4.09. The molecule has 0 radical (unpaired) electrons. The lowest BCUT2D eigenvalue weighted by atomic mass is 10.1. The van der Waals surface area contributed by atoms with Gasteiger partial charge in [0, 0.05) is 30.9 Å². The summed E-state index contributed by atoms with van der Waals surface area (Å²) in [7, 11) is 0. The van der Waals surface area contributed by atoms with Crippen LogP contribution >= 0.6 is 0 Å². The van der Waals surface area contributed by atoms with Gasteiger partial charge in [-0.25, -0.2) is 4.98 Å². The van der Waals surface area contributed by atoms with Gasteiger partial charge in [-0.1, -0.05) is 0 Å². The van der Waals surface area contributed by atoms with Crippen molar-refractivity contribution < 1.29 is 13.2 Å². The lowest BCUT2D eigenvalue weighted by Crippen LogP contribution is -2.32. The summed E-state index contributed by atoms with van der Waals surface area (Å²) in [6.45, 7) is 1.95. The molecule has 4 nitrogen and oxygen atoms in total. The highest BCUT2D eigenvalue weighted by molar-refractivity contribution is 5.74. The van der Waals surface area contributed by atoms with Gasteiger partial charge in [0.15, 0.2) is 5.82 Å². The third-order valence-electron chi connectivity index (χ3n) is 4.09. The molecule has 2 bridgehead atoms. The highest BCUT2D eigenvalue weighted by atomic mass is 19.4. The van der Waals surface area contributed by atoms with Crippen LogP contribution in [0.1, 0.15) is 12.1 Å². The highest BCUT2D eigenvalue weighted by Gasteiger charge is 2.33. The van der Waals surface area contributed by atoms with Gasteiger partial charge in [0.25, 0.3) is 0 Å². The van der Waals surface area contributed by atoms with E-state index >= 15 is 0 Å². The molecule has 0 aliphatic carbocycles. The number of alkyl halides is 3. The molecule has 0 aromatic carbocycles. The zero-order chi connectivity index (χ0) is 15.3. The molecule has 4 heterocycles. The van der Waals surface area contributed by atoms with Gasteiger partial charge >= 0.3 is 6.18 Å². The normalized spacial score (nSPS) is 19.8. The van der Waals surface area contributed by atoms with Crippen molar-refractivity contribution in [2.24, 2.45) is 0 Å². The Labute approximate surface area is 125 Å². The van der Waals surface area contributed by atoms with Crippen molar-refractivity contribution in [1.82, 2.24) is 9.97 Å². The largest absolute Gasteiger partial charge is 0.433 e. The molecule has 2 aromatic heterocycles.